The summed E-state index contributed by atoms with van der Waals surface area (Å²) in [6, 6.07) is 0. The summed E-state index contributed by atoms with van der Waals surface area (Å²) in [7, 11) is 0. The topological polar surface area (TPSA) is 43.1 Å². The summed E-state index contributed by atoms with van der Waals surface area (Å²) in [5, 5.41) is 0. The predicted molar refractivity (Wildman–Crippen MR) is 54.4 cm³/mol. The summed E-state index contributed by atoms with van der Waals surface area (Å²) in [6.45, 7) is 4.87. The van der Waals surface area contributed by atoms with Crippen molar-refractivity contribution in [2.24, 2.45) is 17.1 Å². The van der Waals surface area contributed by atoms with Gasteiger partial charge in [0.15, 0.2) is 0 Å². The van der Waals surface area contributed by atoms with Crippen molar-refractivity contribution in [2.75, 3.05) is 6.54 Å². The summed E-state index contributed by atoms with van der Waals surface area (Å²) in [5.41, 5.74) is 5.53. The third-order valence-electron chi connectivity index (χ3n) is 3.46. The maximum atomic E-state index is 11.8. The monoisotopic (exact) mass is 183 g/mol. The van der Waals surface area contributed by atoms with Gasteiger partial charge in [-0.2, -0.15) is 0 Å². The van der Waals surface area contributed by atoms with E-state index in [9.17, 15) is 4.79 Å². The molecule has 13 heavy (non-hydrogen) atoms. The first-order valence-corrected chi connectivity index (χ1v) is 5.42. The molecule has 0 radical (unpaired) electrons. The number of nitrogens with two attached hydrogens (primary N) is 1. The number of carbonyl (C=O) groups excluding carboxylic acids is 1. The van der Waals surface area contributed by atoms with Crippen molar-refractivity contribution in [3.63, 3.8) is 0 Å². The Morgan fingerprint density at radius 1 is 1.38 bits per heavy atom. The molecule has 0 aliphatic heterocycles. The van der Waals surface area contributed by atoms with E-state index in [4.69, 9.17) is 5.73 Å². The van der Waals surface area contributed by atoms with E-state index in [1.807, 2.05) is 0 Å². The molecule has 0 saturated heterocycles. The van der Waals surface area contributed by atoms with Crippen LogP contribution in [0.3, 0.4) is 0 Å². The van der Waals surface area contributed by atoms with E-state index in [2.05, 4.69) is 13.8 Å². The van der Waals surface area contributed by atoms with Crippen LogP contribution in [0.25, 0.3) is 0 Å². The normalized spacial score (nSPS) is 19.1. The summed E-state index contributed by atoms with van der Waals surface area (Å²) >= 11 is 0. The van der Waals surface area contributed by atoms with Crippen LogP contribution in [0.15, 0.2) is 0 Å². The smallest absolute Gasteiger partial charge is 0.140 e. The van der Waals surface area contributed by atoms with Gasteiger partial charge in [-0.1, -0.05) is 26.7 Å². The Hall–Kier alpha value is -0.370. The Bertz CT molecular complexity index is 181. The molecule has 76 valence electrons. The van der Waals surface area contributed by atoms with Crippen molar-refractivity contribution in [1.29, 1.82) is 0 Å². The number of ketones is 1. The molecule has 0 atom stereocenters. The van der Waals surface area contributed by atoms with Gasteiger partial charge in [0.2, 0.25) is 0 Å². The summed E-state index contributed by atoms with van der Waals surface area (Å²) in [4.78, 5) is 11.8. The number of hydrogen-bond acceptors (Lipinski definition) is 2. The van der Waals surface area contributed by atoms with Crippen molar-refractivity contribution in [1.82, 2.24) is 0 Å². The Kier molecular flexibility index (Phi) is 3.48. The second-order valence-electron chi connectivity index (χ2n) is 4.29. The van der Waals surface area contributed by atoms with Crippen LogP contribution in [-0.4, -0.2) is 12.3 Å². The molecule has 1 aliphatic rings. The summed E-state index contributed by atoms with van der Waals surface area (Å²) in [5.74, 6) is 1.00. The molecule has 2 N–H and O–H groups in total. The lowest BCUT2D eigenvalue weighted by Crippen LogP contribution is -2.26. The van der Waals surface area contributed by atoms with Gasteiger partial charge in [0.1, 0.15) is 5.78 Å². The Morgan fingerprint density at radius 3 is 2.23 bits per heavy atom. The Balaban J connectivity index is 2.40. The lowest BCUT2D eigenvalue weighted by Gasteiger charge is -2.16. The second kappa shape index (κ2) is 4.23. The van der Waals surface area contributed by atoms with Gasteiger partial charge in [-0.3, -0.25) is 4.79 Å². The van der Waals surface area contributed by atoms with Crippen molar-refractivity contribution in [3.05, 3.63) is 0 Å². The van der Waals surface area contributed by atoms with Gasteiger partial charge in [0.25, 0.3) is 0 Å². The Morgan fingerprint density at radius 2 is 1.92 bits per heavy atom. The molecule has 2 heteroatoms. The van der Waals surface area contributed by atoms with Crippen LogP contribution in [0.1, 0.15) is 46.0 Å². The van der Waals surface area contributed by atoms with Crippen LogP contribution in [0.2, 0.25) is 0 Å². The maximum Gasteiger partial charge on any atom is 0.140 e. The van der Waals surface area contributed by atoms with E-state index in [0.29, 0.717) is 18.2 Å². The van der Waals surface area contributed by atoms with Gasteiger partial charge >= 0.3 is 0 Å². The van der Waals surface area contributed by atoms with Crippen LogP contribution in [0.4, 0.5) is 0 Å². The Labute approximate surface area is 80.9 Å². The van der Waals surface area contributed by atoms with E-state index in [-0.39, 0.29) is 5.41 Å². The lowest BCUT2D eigenvalue weighted by atomic mass is 9.89. The highest BCUT2D eigenvalue weighted by atomic mass is 16.1. The fourth-order valence-electron chi connectivity index (χ4n) is 1.80. The standard InChI is InChI=1S/C11H21NO/c1-3-9(4-2)7-10(13)11(8-12)5-6-11/h9H,3-8,12H2,1-2H3. The first kappa shape index (κ1) is 10.7. The van der Waals surface area contributed by atoms with Gasteiger partial charge in [-0.15, -0.1) is 0 Å². The molecule has 0 aromatic carbocycles. The summed E-state index contributed by atoms with van der Waals surface area (Å²) < 4.78 is 0. The zero-order valence-electron chi connectivity index (χ0n) is 8.81. The first-order chi connectivity index (χ1) is 6.18. The molecule has 1 aliphatic carbocycles. The SMILES string of the molecule is CCC(CC)CC(=O)C1(CN)CC1. The van der Waals surface area contributed by atoms with Gasteiger partial charge in [0, 0.05) is 18.4 Å². The minimum atomic E-state index is -0.0808. The molecule has 0 unspecified atom stereocenters. The second-order valence-corrected chi connectivity index (χ2v) is 4.29. The molecule has 0 aromatic heterocycles. The molecule has 0 aromatic rings. The fourth-order valence-corrected chi connectivity index (χ4v) is 1.80. The van der Waals surface area contributed by atoms with Gasteiger partial charge < -0.3 is 5.73 Å². The van der Waals surface area contributed by atoms with Crippen molar-refractivity contribution in [3.8, 4) is 0 Å². The highest BCUT2D eigenvalue weighted by Crippen LogP contribution is 2.46. The zero-order chi connectivity index (χ0) is 9.90. The van der Waals surface area contributed by atoms with E-state index >= 15 is 0 Å². The van der Waals surface area contributed by atoms with Gasteiger partial charge in [-0.25, -0.2) is 0 Å². The third kappa shape index (κ3) is 2.31. The van der Waals surface area contributed by atoms with Crippen LogP contribution in [0.5, 0.6) is 0 Å². The highest BCUT2D eigenvalue weighted by molar-refractivity contribution is 5.87. The number of rotatable bonds is 6. The average Bonchev–Trinajstić information content (AvgIpc) is 2.94. The fraction of sp³-hybridized carbons (Fsp3) is 0.909. The molecule has 1 fully saturated rings. The van der Waals surface area contributed by atoms with E-state index in [1.165, 1.54) is 0 Å². The predicted octanol–water partition coefficient (Wildman–Crippen LogP) is 2.12. The maximum absolute atomic E-state index is 11.8. The molecule has 0 bridgehead atoms. The van der Waals surface area contributed by atoms with Gasteiger partial charge in [0.05, 0.1) is 0 Å². The highest BCUT2D eigenvalue weighted by Gasteiger charge is 2.47. The van der Waals surface area contributed by atoms with Gasteiger partial charge in [-0.05, 0) is 18.8 Å². The van der Waals surface area contributed by atoms with Crippen molar-refractivity contribution >= 4 is 5.78 Å². The minimum Gasteiger partial charge on any atom is -0.329 e. The number of hydrogen-bond donors (Lipinski definition) is 1. The first-order valence-electron chi connectivity index (χ1n) is 5.42. The third-order valence-corrected chi connectivity index (χ3v) is 3.46. The van der Waals surface area contributed by atoms with E-state index in [0.717, 1.165) is 32.1 Å². The summed E-state index contributed by atoms with van der Waals surface area (Å²) in [6.07, 6.45) is 5.04. The van der Waals surface area contributed by atoms with Crippen molar-refractivity contribution < 1.29 is 4.79 Å². The van der Waals surface area contributed by atoms with Crippen LogP contribution in [-0.2, 0) is 4.79 Å². The molecule has 0 amide bonds. The number of Topliss-reactive ketones (excluding diaryl/α,β-unsaturated/α-hetero) is 1. The van der Waals surface area contributed by atoms with Crippen LogP contribution >= 0.6 is 0 Å². The lowest BCUT2D eigenvalue weighted by molar-refractivity contribution is -0.124. The number of carbonyl (C=O) groups is 1. The molecular weight excluding hydrogens is 162 g/mol. The molecule has 2 nitrogen and oxygen atoms in total. The zero-order valence-corrected chi connectivity index (χ0v) is 8.81. The van der Waals surface area contributed by atoms with Crippen molar-refractivity contribution in [2.45, 2.75) is 46.0 Å². The quantitative estimate of drug-likeness (QED) is 0.685. The minimum absolute atomic E-state index is 0.0808. The van der Waals surface area contributed by atoms with E-state index in [1.54, 1.807) is 0 Å². The largest absolute Gasteiger partial charge is 0.329 e. The molecular formula is C11H21NO. The van der Waals surface area contributed by atoms with Crippen LogP contribution < -0.4 is 5.73 Å². The van der Waals surface area contributed by atoms with E-state index < -0.39 is 0 Å². The molecule has 1 saturated carbocycles. The molecule has 0 spiro atoms. The molecule has 1 rings (SSSR count). The average molecular weight is 183 g/mol. The van der Waals surface area contributed by atoms with Crippen LogP contribution in [0, 0.1) is 11.3 Å². The molecule has 0 heterocycles.